The molecule has 0 saturated heterocycles. The Hall–Kier alpha value is 0.480. The molecular weight excluding hydrogens is 285 g/mol. The molecule has 0 rings (SSSR count). The van der Waals surface area contributed by atoms with Crippen LogP contribution in [-0.2, 0) is 22.3 Å². The maximum atomic E-state index is 11.0. The topological polar surface area (TPSA) is 143 Å². The predicted molar refractivity (Wildman–Crippen MR) is 56.5 cm³/mol. The molecule has 0 aromatic heterocycles. The summed E-state index contributed by atoms with van der Waals surface area (Å²) in [6.07, 6.45) is 2.42. The van der Waals surface area contributed by atoms with Gasteiger partial charge in [-0.2, -0.15) is 4.31 Å². The van der Waals surface area contributed by atoms with Crippen molar-refractivity contribution >= 4 is 29.5 Å². The Balaban J connectivity index is 4.65. The molecule has 4 N–H and O–H groups in total. The molecule has 0 aliphatic carbocycles. The summed E-state index contributed by atoms with van der Waals surface area (Å²) in [6.45, 7) is 2.98. The lowest BCUT2D eigenvalue weighted by molar-refractivity contribution is 0.177. The van der Waals surface area contributed by atoms with Crippen LogP contribution in [-0.4, -0.2) is 32.0 Å². The van der Waals surface area contributed by atoms with Crippen LogP contribution in [0.5, 0.6) is 0 Å². The highest BCUT2D eigenvalue weighted by atomic mass is 31.3. The Morgan fingerprint density at radius 3 is 1.81 bits per heavy atom. The summed E-state index contributed by atoms with van der Waals surface area (Å²) in [5.74, 6) is 0. The van der Waals surface area contributed by atoms with Crippen LogP contribution in [0.15, 0.2) is 0 Å². The van der Waals surface area contributed by atoms with Crippen LogP contribution in [0.4, 0.5) is 0 Å². The van der Waals surface area contributed by atoms with Crippen molar-refractivity contribution < 1.29 is 41.8 Å². The van der Waals surface area contributed by atoms with E-state index in [1.807, 2.05) is 0 Å². The first kappa shape index (κ1) is 16.5. The molecule has 0 saturated carbocycles. The van der Waals surface area contributed by atoms with Crippen molar-refractivity contribution in [2.75, 3.05) is 0 Å². The van der Waals surface area contributed by atoms with Gasteiger partial charge in [0.25, 0.3) is 7.57 Å². The van der Waals surface area contributed by atoms with E-state index < -0.39 is 29.3 Å². The summed E-state index contributed by atoms with van der Waals surface area (Å²) in [4.78, 5) is 34.7. The molecule has 16 heavy (non-hydrogen) atoms. The quantitative estimate of drug-likeness (QED) is 0.524. The zero-order valence-electron chi connectivity index (χ0n) is 8.46. The smallest absolute Gasteiger partial charge is 0.333 e. The molecule has 0 amide bonds. The SMILES string of the molecule is C=P(O)(OC(C)C)OP(=O)(O)OP(=O)(O)O. The Labute approximate surface area is 92.1 Å². The fourth-order valence-corrected chi connectivity index (χ4v) is 4.22. The summed E-state index contributed by atoms with van der Waals surface area (Å²) in [7, 11) is -14.3. The van der Waals surface area contributed by atoms with Gasteiger partial charge in [0.1, 0.15) is 0 Å². The molecule has 2 unspecified atom stereocenters. The highest BCUT2D eigenvalue weighted by molar-refractivity contribution is 7.70. The number of hydrogen-bond donors (Lipinski definition) is 4. The summed E-state index contributed by atoms with van der Waals surface area (Å²) in [5, 5.41) is 0. The summed E-state index contributed by atoms with van der Waals surface area (Å²) < 4.78 is 33.4. The lowest BCUT2D eigenvalue weighted by Gasteiger charge is -2.22. The Morgan fingerprint density at radius 1 is 1.06 bits per heavy atom. The van der Waals surface area contributed by atoms with Gasteiger partial charge in [-0.15, -0.1) is 0 Å². The molecule has 0 bridgehead atoms. The lowest BCUT2D eigenvalue weighted by atomic mass is 10.5. The molecular formula is C4H13O9P3. The minimum Gasteiger partial charge on any atom is -0.333 e. The summed E-state index contributed by atoms with van der Waals surface area (Å²) in [6, 6.07) is 0. The van der Waals surface area contributed by atoms with Crippen molar-refractivity contribution in [1.82, 2.24) is 0 Å². The van der Waals surface area contributed by atoms with Crippen molar-refractivity contribution in [3.8, 4) is 0 Å². The minimum absolute atomic E-state index is 0.564. The van der Waals surface area contributed by atoms with Crippen molar-refractivity contribution in [3.05, 3.63) is 0 Å². The molecule has 0 aliphatic heterocycles. The van der Waals surface area contributed by atoms with Crippen LogP contribution in [0.1, 0.15) is 13.8 Å². The van der Waals surface area contributed by atoms with Gasteiger partial charge in [-0.1, -0.05) is 0 Å². The highest BCUT2D eigenvalue weighted by Crippen LogP contribution is 2.66. The van der Waals surface area contributed by atoms with Gasteiger partial charge in [0.05, 0.1) is 6.10 Å². The van der Waals surface area contributed by atoms with Gasteiger partial charge < -0.3 is 24.1 Å². The molecule has 98 valence electrons. The van der Waals surface area contributed by atoms with Gasteiger partial charge >= 0.3 is 15.6 Å². The Kier molecular flexibility index (Phi) is 5.58. The minimum atomic E-state index is -5.22. The van der Waals surface area contributed by atoms with E-state index in [1.165, 1.54) is 13.8 Å². The monoisotopic (exact) mass is 298 g/mol. The first-order chi connectivity index (χ1) is 6.83. The van der Waals surface area contributed by atoms with Crippen LogP contribution in [0.3, 0.4) is 0 Å². The van der Waals surface area contributed by atoms with Crippen LogP contribution >= 0.6 is 23.2 Å². The van der Waals surface area contributed by atoms with Gasteiger partial charge in [0, 0.05) is 0 Å². The van der Waals surface area contributed by atoms with Gasteiger partial charge in [0.2, 0.25) is 0 Å². The fraction of sp³-hybridized carbons (Fsp3) is 0.750. The number of hydrogen-bond acceptors (Lipinski definition) is 6. The predicted octanol–water partition coefficient (Wildman–Crippen LogP) is 0.825. The second-order valence-corrected chi connectivity index (χ2v) is 7.62. The largest absolute Gasteiger partial charge is 0.487 e. The second kappa shape index (κ2) is 5.42. The molecule has 0 fully saturated rings. The molecule has 12 heteroatoms. The van der Waals surface area contributed by atoms with Crippen LogP contribution in [0, 0.1) is 0 Å². The lowest BCUT2D eigenvalue weighted by Crippen LogP contribution is -2.03. The Bertz CT molecular complexity index is 369. The number of rotatable bonds is 6. The van der Waals surface area contributed by atoms with E-state index in [2.05, 4.69) is 19.4 Å². The first-order valence-corrected chi connectivity index (χ1v) is 8.57. The van der Waals surface area contributed by atoms with Crippen LogP contribution in [0.2, 0.25) is 0 Å². The van der Waals surface area contributed by atoms with E-state index in [0.717, 1.165) is 0 Å². The third-order valence-corrected chi connectivity index (χ3v) is 5.09. The average molecular weight is 298 g/mol. The molecule has 0 spiro atoms. The van der Waals surface area contributed by atoms with Crippen LogP contribution in [0.25, 0.3) is 0 Å². The zero-order chi connectivity index (χ0) is 13.2. The van der Waals surface area contributed by atoms with Crippen molar-refractivity contribution in [2.45, 2.75) is 20.0 Å². The van der Waals surface area contributed by atoms with Crippen LogP contribution < -0.4 is 0 Å². The maximum absolute atomic E-state index is 11.0. The summed E-state index contributed by atoms with van der Waals surface area (Å²) in [5.41, 5.74) is 0. The molecule has 2 atom stereocenters. The van der Waals surface area contributed by atoms with E-state index in [4.69, 9.17) is 14.7 Å². The zero-order valence-corrected chi connectivity index (χ0v) is 11.1. The van der Waals surface area contributed by atoms with Crippen molar-refractivity contribution in [1.29, 1.82) is 0 Å². The molecule has 0 aliphatic rings. The average Bonchev–Trinajstić information content (AvgIpc) is 1.69. The third-order valence-electron chi connectivity index (χ3n) is 0.816. The maximum Gasteiger partial charge on any atom is 0.487 e. The van der Waals surface area contributed by atoms with Crippen molar-refractivity contribution in [2.24, 2.45) is 0 Å². The number of phosphoric acid groups is 2. The highest BCUT2D eigenvalue weighted by Gasteiger charge is 2.37. The van der Waals surface area contributed by atoms with E-state index in [0.29, 0.717) is 0 Å². The normalized spacial score (nSPS) is 20.4. The third kappa shape index (κ3) is 8.61. The Morgan fingerprint density at radius 2 is 1.50 bits per heavy atom. The molecule has 0 heterocycles. The van der Waals surface area contributed by atoms with Gasteiger partial charge in [0.15, 0.2) is 0 Å². The molecule has 9 nitrogen and oxygen atoms in total. The summed E-state index contributed by atoms with van der Waals surface area (Å²) >= 11 is 0. The van der Waals surface area contributed by atoms with Gasteiger partial charge in [-0.05, 0) is 20.1 Å². The van der Waals surface area contributed by atoms with E-state index >= 15 is 0 Å². The van der Waals surface area contributed by atoms with Crippen molar-refractivity contribution in [3.63, 3.8) is 0 Å². The molecule has 0 aromatic rings. The standard InChI is InChI=1S/C4H13O9P3/c1-4(2)11-14(3,5)12-16(9,10)13-15(6,7)8/h4-5H,3H2,1-2H3,(H,9,10)(H2,6,7,8). The van der Waals surface area contributed by atoms with Gasteiger partial charge in [-0.25, -0.2) is 13.4 Å². The molecule has 0 radical (unpaired) electrons. The second-order valence-electron chi connectivity index (χ2n) is 2.91. The molecule has 0 aromatic carbocycles. The van der Waals surface area contributed by atoms with E-state index in [-0.39, 0.29) is 0 Å². The first-order valence-electron chi connectivity index (χ1n) is 3.78. The fourth-order valence-electron chi connectivity index (χ4n) is 0.659. The van der Waals surface area contributed by atoms with Gasteiger partial charge in [-0.3, -0.25) is 0 Å². The van der Waals surface area contributed by atoms with E-state index in [9.17, 15) is 14.0 Å². The van der Waals surface area contributed by atoms with E-state index in [1.54, 1.807) is 0 Å².